The number of nitrogen functional groups attached to an aromatic ring is 1. The van der Waals surface area contributed by atoms with Gasteiger partial charge >= 0.3 is 0 Å². The van der Waals surface area contributed by atoms with Gasteiger partial charge in [-0.1, -0.05) is 18.2 Å². The van der Waals surface area contributed by atoms with Gasteiger partial charge in [-0.2, -0.15) is 5.10 Å². The molecule has 4 N–H and O–H groups in total. The van der Waals surface area contributed by atoms with Crippen molar-refractivity contribution in [1.29, 1.82) is 0 Å². The highest BCUT2D eigenvalue weighted by Crippen LogP contribution is 2.33. The monoisotopic (exact) mass is 271 g/mol. The van der Waals surface area contributed by atoms with Gasteiger partial charge in [0, 0.05) is 16.8 Å². The van der Waals surface area contributed by atoms with Crippen molar-refractivity contribution in [2.45, 2.75) is 0 Å². The Morgan fingerprint density at radius 3 is 2.45 bits per heavy atom. The minimum Gasteiger partial charge on any atom is -0.384 e. The van der Waals surface area contributed by atoms with Crippen molar-refractivity contribution in [1.82, 2.24) is 15.5 Å². The van der Waals surface area contributed by atoms with Crippen molar-refractivity contribution in [3.63, 3.8) is 0 Å². The van der Waals surface area contributed by atoms with Crippen molar-refractivity contribution in [2.24, 2.45) is 0 Å². The molecule has 0 atom stereocenters. The number of carbonyl (C=O) groups excluding carboxylic acids is 2. The van der Waals surface area contributed by atoms with Gasteiger partial charge in [-0.25, -0.2) is 0 Å². The maximum Gasteiger partial charge on any atom is 0.246 e. The average Bonchev–Trinajstić information content (AvgIpc) is 2.84. The summed E-state index contributed by atoms with van der Waals surface area (Å²) < 4.78 is 0. The number of rotatable bonds is 2. The molecule has 2 aromatic rings. The standard InChI is InChI=1S/C13H13N5O2/c14-13-9(5-15-17-13)8-3-1-2-4-10(8)18-6-11(19)16-12(20)7-18/h1-5H,6-7H2,(H3,14,15,17)(H,16,19,20). The lowest BCUT2D eigenvalue weighted by molar-refractivity contribution is -0.130. The van der Waals surface area contributed by atoms with Crippen LogP contribution in [0.3, 0.4) is 0 Å². The molecule has 102 valence electrons. The Morgan fingerprint density at radius 1 is 1.10 bits per heavy atom. The van der Waals surface area contributed by atoms with Crippen LogP contribution in [0.1, 0.15) is 0 Å². The number of aromatic nitrogens is 2. The summed E-state index contributed by atoms with van der Waals surface area (Å²) in [6.45, 7) is 0.279. The van der Waals surface area contributed by atoms with Crippen molar-refractivity contribution in [2.75, 3.05) is 23.7 Å². The lowest BCUT2D eigenvalue weighted by Crippen LogP contribution is -2.51. The molecule has 1 aromatic carbocycles. The highest BCUT2D eigenvalue weighted by atomic mass is 16.2. The molecule has 2 amide bonds. The molecule has 1 aromatic heterocycles. The maximum atomic E-state index is 11.5. The number of H-pyrrole nitrogens is 1. The number of piperazine rings is 1. The van der Waals surface area contributed by atoms with Crippen LogP contribution in [-0.4, -0.2) is 35.1 Å². The Bertz CT molecular complexity index is 663. The predicted octanol–water partition coefficient (Wildman–Crippen LogP) is 0.122. The molecule has 3 rings (SSSR count). The van der Waals surface area contributed by atoms with Crippen LogP contribution in [0.4, 0.5) is 11.5 Å². The molecule has 0 bridgehead atoms. The number of anilines is 2. The van der Waals surface area contributed by atoms with Gasteiger partial charge in [0.05, 0.1) is 19.3 Å². The summed E-state index contributed by atoms with van der Waals surface area (Å²) in [5, 5.41) is 8.86. The fraction of sp³-hybridized carbons (Fsp3) is 0.154. The third-order valence-corrected chi connectivity index (χ3v) is 3.15. The Labute approximate surface area is 114 Å². The van der Waals surface area contributed by atoms with Crippen molar-refractivity contribution >= 4 is 23.3 Å². The summed E-state index contributed by atoms with van der Waals surface area (Å²) >= 11 is 0. The van der Waals surface area contributed by atoms with Crippen LogP contribution in [0.15, 0.2) is 30.5 Å². The van der Waals surface area contributed by atoms with Gasteiger partial charge in [0.25, 0.3) is 0 Å². The number of para-hydroxylation sites is 1. The minimum atomic E-state index is -0.309. The molecule has 0 spiro atoms. The molecule has 20 heavy (non-hydrogen) atoms. The molecule has 1 fully saturated rings. The first kappa shape index (κ1) is 12.2. The van der Waals surface area contributed by atoms with Crippen LogP contribution in [0, 0.1) is 0 Å². The second-order valence-electron chi connectivity index (χ2n) is 4.54. The smallest absolute Gasteiger partial charge is 0.246 e. The number of hydrogen-bond acceptors (Lipinski definition) is 5. The third-order valence-electron chi connectivity index (χ3n) is 3.15. The first-order valence-electron chi connectivity index (χ1n) is 6.11. The highest BCUT2D eigenvalue weighted by Gasteiger charge is 2.24. The molecular weight excluding hydrogens is 258 g/mol. The molecule has 1 saturated heterocycles. The van der Waals surface area contributed by atoms with E-state index in [1.165, 1.54) is 0 Å². The molecule has 0 aliphatic carbocycles. The van der Waals surface area contributed by atoms with Crippen LogP contribution >= 0.6 is 0 Å². The number of imide groups is 1. The van der Waals surface area contributed by atoms with Crippen LogP contribution in [0.25, 0.3) is 11.1 Å². The largest absolute Gasteiger partial charge is 0.384 e. The summed E-state index contributed by atoms with van der Waals surface area (Å²) in [6.07, 6.45) is 1.63. The number of aromatic amines is 1. The van der Waals surface area contributed by atoms with E-state index in [0.29, 0.717) is 5.82 Å². The zero-order valence-electron chi connectivity index (χ0n) is 10.6. The van der Waals surface area contributed by atoms with E-state index in [-0.39, 0.29) is 24.9 Å². The fourth-order valence-electron chi connectivity index (χ4n) is 2.30. The number of benzene rings is 1. The molecule has 7 nitrogen and oxygen atoms in total. The number of nitrogens with zero attached hydrogens (tertiary/aromatic N) is 2. The zero-order chi connectivity index (χ0) is 14.1. The third kappa shape index (κ3) is 2.09. The molecule has 0 radical (unpaired) electrons. The number of nitrogens with one attached hydrogen (secondary N) is 2. The lowest BCUT2D eigenvalue weighted by Gasteiger charge is -2.29. The van der Waals surface area contributed by atoms with E-state index in [4.69, 9.17) is 5.73 Å². The SMILES string of the molecule is Nc1[nH]ncc1-c1ccccc1N1CC(=O)NC(=O)C1. The Kier molecular flexibility index (Phi) is 2.86. The predicted molar refractivity (Wildman–Crippen MR) is 73.8 cm³/mol. The number of hydrogen-bond donors (Lipinski definition) is 3. The quantitative estimate of drug-likeness (QED) is 0.673. The summed E-state index contributed by atoms with van der Waals surface area (Å²) in [5.41, 5.74) is 8.21. The normalized spacial score (nSPS) is 15.3. The topological polar surface area (TPSA) is 104 Å². The van der Waals surface area contributed by atoms with E-state index in [1.54, 1.807) is 11.1 Å². The Balaban J connectivity index is 2.04. The fourth-order valence-corrected chi connectivity index (χ4v) is 2.30. The van der Waals surface area contributed by atoms with Crippen molar-refractivity contribution in [3.8, 4) is 11.1 Å². The van der Waals surface area contributed by atoms with Gasteiger partial charge < -0.3 is 10.6 Å². The van der Waals surface area contributed by atoms with Crippen LogP contribution in [0.2, 0.25) is 0 Å². The van der Waals surface area contributed by atoms with Crippen LogP contribution < -0.4 is 16.0 Å². The summed E-state index contributed by atoms with van der Waals surface area (Å²) in [7, 11) is 0. The van der Waals surface area contributed by atoms with Gasteiger partial charge in [-0.3, -0.25) is 20.0 Å². The van der Waals surface area contributed by atoms with Crippen LogP contribution in [-0.2, 0) is 9.59 Å². The van der Waals surface area contributed by atoms with Gasteiger partial charge in [0.15, 0.2) is 0 Å². The second kappa shape index (κ2) is 4.69. The lowest BCUT2D eigenvalue weighted by atomic mass is 10.0. The first-order valence-corrected chi connectivity index (χ1v) is 6.11. The molecule has 1 aliphatic rings. The van der Waals surface area contributed by atoms with E-state index in [9.17, 15) is 9.59 Å². The van der Waals surface area contributed by atoms with Gasteiger partial charge in [-0.15, -0.1) is 0 Å². The molecule has 2 heterocycles. The number of carbonyl (C=O) groups is 2. The minimum absolute atomic E-state index is 0.139. The first-order chi connectivity index (χ1) is 9.65. The molecular formula is C13H13N5O2. The van der Waals surface area contributed by atoms with Crippen molar-refractivity contribution in [3.05, 3.63) is 30.5 Å². The van der Waals surface area contributed by atoms with Gasteiger partial charge in [0.2, 0.25) is 11.8 Å². The molecule has 0 unspecified atom stereocenters. The Hall–Kier alpha value is -2.83. The summed E-state index contributed by atoms with van der Waals surface area (Å²) in [5.74, 6) is -0.169. The van der Waals surface area contributed by atoms with E-state index < -0.39 is 0 Å². The maximum absolute atomic E-state index is 11.5. The molecule has 1 aliphatic heterocycles. The Morgan fingerprint density at radius 2 is 1.80 bits per heavy atom. The van der Waals surface area contributed by atoms with E-state index in [0.717, 1.165) is 16.8 Å². The second-order valence-corrected chi connectivity index (χ2v) is 4.54. The van der Waals surface area contributed by atoms with Gasteiger partial charge in [0.1, 0.15) is 5.82 Å². The van der Waals surface area contributed by atoms with E-state index >= 15 is 0 Å². The van der Waals surface area contributed by atoms with Gasteiger partial charge in [-0.05, 0) is 6.07 Å². The molecule has 7 heteroatoms. The van der Waals surface area contributed by atoms with Crippen LogP contribution in [0.5, 0.6) is 0 Å². The zero-order valence-corrected chi connectivity index (χ0v) is 10.6. The highest BCUT2D eigenvalue weighted by molar-refractivity contribution is 6.03. The average molecular weight is 271 g/mol. The summed E-state index contributed by atoms with van der Waals surface area (Å²) in [6, 6.07) is 7.46. The number of amides is 2. The number of nitrogens with two attached hydrogens (primary N) is 1. The van der Waals surface area contributed by atoms with Crippen molar-refractivity contribution < 1.29 is 9.59 Å². The van der Waals surface area contributed by atoms with E-state index in [1.807, 2.05) is 24.3 Å². The van der Waals surface area contributed by atoms with E-state index in [2.05, 4.69) is 15.5 Å². The summed E-state index contributed by atoms with van der Waals surface area (Å²) in [4.78, 5) is 24.7. The molecule has 0 saturated carbocycles.